The Bertz CT molecular complexity index is 618. The summed E-state index contributed by atoms with van der Waals surface area (Å²) < 4.78 is 5.60. The highest BCUT2D eigenvalue weighted by Gasteiger charge is 2.33. The molecule has 1 aromatic rings. The van der Waals surface area contributed by atoms with Gasteiger partial charge in [-0.15, -0.1) is 0 Å². The second-order valence-corrected chi connectivity index (χ2v) is 6.68. The van der Waals surface area contributed by atoms with Crippen LogP contribution >= 0.6 is 0 Å². The second kappa shape index (κ2) is 11.5. The monoisotopic (exact) mass is 373 g/mol. The number of nitrogens with one attached hydrogen (secondary N) is 2. The summed E-state index contributed by atoms with van der Waals surface area (Å²) in [6.07, 6.45) is 6.09. The van der Waals surface area contributed by atoms with E-state index in [9.17, 15) is 9.59 Å². The van der Waals surface area contributed by atoms with Crippen LogP contribution in [-0.4, -0.2) is 55.2 Å². The number of carbonyl (C=O) groups is 2. The normalized spacial score (nSPS) is 18.5. The number of hydrogen-bond donors (Lipinski definition) is 2. The number of hydrogen-bond acceptors (Lipinski definition) is 4. The Kier molecular flexibility index (Phi) is 9.01. The van der Waals surface area contributed by atoms with Crippen molar-refractivity contribution in [1.82, 2.24) is 15.5 Å². The van der Waals surface area contributed by atoms with Crippen molar-refractivity contribution in [2.45, 2.75) is 45.2 Å². The summed E-state index contributed by atoms with van der Waals surface area (Å²) in [5, 5.41) is 5.78. The van der Waals surface area contributed by atoms with Crippen molar-refractivity contribution < 1.29 is 14.3 Å². The standard InChI is InChI=1S/C21H31N3O3/c1-3-5-14-27-16-24-13-9-12-19(24)21(26)23-18(20(25)22-4-2)15-17-10-7-6-8-11-17/h3,5-8,10-11,18-19H,4,9,12-16H2,1-2H3,(H,22,25)(H,23,26)/b5-3+/t18-,19-/m0/s1. The number of carbonyl (C=O) groups excluding carboxylic acids is 2. The third kappa shape index (κ3) is 6.81. The first-order valence-electron chi connectivity index (χ1n) is 9.70. The first-order valence-corrected chi connectivity index (χ1v) is 9.70. The Balaban J connectivity index is 1.97. The fourth-order valence-corrected chi connectivity index (χ4v) is 3.24. The zero-order valence-electron chi connectivity index (χ0n) is 16.3. The van der Waals surface area contributed by atoms with Crippen LogP contribution in [0.2, 0.25) is 0 Å². The molecule has 0 saturated carbocycles. The maximum atomic E-state index is 12.9. The van der Waals surface area contributed by atoms with Gasteiger partial charge in [-0.25, -0.2) is 0 Å². The maximum absolute atomic E-state index is 12.9. The minimum atomic E-state index is -0.578. The molecule has 27 heavy (non-hydrogen) atoms. The molecular weight excluding hydrogens is 342 g/mol. The first kappa shape index (κ1) is 21.1. The number of likely N-dealkylation sites (N-methyl/N-ethyl adjacent to an activating group) is 1. The van der Waals surface area contributed by atoms with E-state index in [2.05, 4.69) is 10.6 Å². The van der Waals surface area contributed by atoms with Crippen LogP contribution in [0.5, 0.6) is 0 Å². The van der Waals surface area contributed by atoms with Crippen molar-refractivity contribution in [2.75, 3.05) is 26.4 Å². The molecule has 1 heterocycles. The summed E-state index contributed by atoms with van der Waals surface area (Å²) in [4.78, 5) is 27.3. The van der Waals surface area contributed by atoms with Crippen LogP contribution in [0.4, 0.5) is 0 Å². The molecule has 6 nitrogen and oxygen atoms in total. The van der Waals surface area contributed by atoms with E-state index < -0.39 is 6.04 Å². The number of benzene rings is 1. The third-order valence-electron chi connectivity index (χ3n) is 4.64. The molecule has 148 valence electrons. The summed E-state index contributed by atoms with van der Waals surface area (Å²) in [6.45, 7) is 6.15. The highest BCUT2D eigenvalue weighted by molar-refractivity contribution is 5.90. The van der Waals surface area contributed by atoms with Crippen LogP contribution < -0.4 is 10.6 Å². The van der Waals surface area contributed by atoms with Crippen molar-refractivity contribution >= 4 is 11.8 Å². The molecule has 0 spiro atoms. The number of nitrogens with zero attached hydrogens (tertiary/aromatic N) is 1. The van der Waals surface area contributed by atoms with Crippen LogP contribution in [0, 0.1) is 0 Å². The lowest BCUT2D eigenvalue weighted by atomic mass is 10.0. The van der Waals surface area contributed by atoms with Crippen LogP contribution in [0.1, 0.15) is 32.3 Å². The van der Waals surface area contributed by atoms with Crippen LogP contribution in [0.3, 0.4) is 0 Å². The van der Waals surface area contributed by atoms with E-state index in [1.807, 2.05) is 61.2 Å². The molecule has 1 aliphatic rings. The van der Waals surface area contributed by atoms with E-state index in [0.29, 0.717) is 26.3 Å². The molecule has 6 heteroatoms. The van der Waals surface area contributed by atoms with Crippen molar-refractivity contribution in [3.05, 3.63) is 48.0 Å². The Morgan fingerprint density at radius 3 is 2.81 bits per heavy atom. The van der Waals surface area contributed by atoms with Crippen LogP contribution in [0.15, 0.2) is 42.5 Å². The van der Waals surface area contributed by atoms with Gasteiger partial charge in [-0.2, -0.15) is 0 Å². The van der Waals surface area contributed by atoms with Gasteiger partial charge in [0.2, 0.25) is 11.8 Å². The fourth-order valence-electron chi connectivity index (χ4n) is 3.24. The number of likely N-dealkylation sites (tertiary alicyclic amines) is 1. The molecule has 0 aromatic heterocycles. The zero-order valence-corrected chi connectivity index (χ0v) is 16.3. The average Bonchev–Trinajstić information content (AvgIpc) is 3.14. The van der Waals surface area contributed by atoms with E-state index in [1.54, 1.807) is 0 Å². The van der Waals surface area contributed by atoms with Crippen molar-refractivity contribution in [3.8, 4) is 0 Å². The lowest BCUT2D eigenvalue weighted by Gasteiger charge is -2.26. The van der Waals surface area contributed by atoms with E-state index in [-0.39, 0.29) is 17.9 Å². The number of allylic oxidation sites excluding steroid dienone is 1. The second-order valence-electron chi connectivity index (χ2n) is 6.68. The molecule has 1 saturated heterocycles. The lowest BCUT2D eigenvalue weighted by Crippen LogP contribution is -2.53. The number of ether oxygens (including phenoxy) is 1. The Hall–Kier alpha value is -2.18. The van der Waals surface area contributed by atoms with E-state index >= 15 is 0 Å². The average molecular weight is 373 g/mol. The predicted molar refractivity (Wildman–Crippen MR) is 106 cm³/mol. The molecule has 1 aromatic carbocycles. The molecule has 2 N–H and O–H groups in total. The zero-order chi connectivity index (χ0) is 19.5. The highest BCUT2D eigenvalue weighted by atomic mass is 16.5. The Morgan fingerprint density at radius 2 is 2.11 bits per heavy atom. The van der Waals surface area contributed by atoms with Gasteiger partial charge in [-0.3, -0.25) is 14.5 Å². The maximum Gasteiger partial charge on any atom is 0.242 e. The molecule has 2 amide bonds. The van der Waals surface area contributed by atoms with Crippen LogP contribution in [-0.2, 0) is 20.7 Å². The van der Waals surface area contributed by atoms with Gasteiger partial charge in [0.05, 0.1) is 12.6 Å². The quantitative estimate of drug-likeness (QED) is 0.485. The van der Waals surface area contributed by atoms with Gasteiger partial charge in [-0.05, 0) is 32.3 Å². The van der Waals surface area contributed by atoms with Gasteiger partial charge in [0.1, 0.15) is 12.8 Å². The Labute approximate surface area is 162 Å². The van der Waals surface area contributed by atoms with Crippen molar-refractivity contribution in [1.29, 1.82) is 0 Å². The molecule has 2 rings (SSSR count). The molecule has 1 fully saturated rings. The molecule has 0 radical (unpaired) electrons. The molecular formula is C21H31N3O3. The molecule has 0 aliphatic carbocycles. The Morgan fingerprint density at radius 1 is 1.33 bits per heavy atom. The van der Waals surface area contributed by atoms with Crippen molar-refractivity contribution in [3.63, 3.8) is 0 Å². The van der Waals surface area contributed by atoms with E-state index in [1.165, 1.54) is 0 Å². The van der Waals surface area contributed by atoms with Crippen molar-refractivity contribution in [2.24, 2.45) is 0 Å². The van der Waals surface area contributed by atoms with Gasteiger partial charge in [0.15, 0.2) is 0 Å². The minimum Gasteiger partial charge on any atom is -0.362 e. The van der Waals surface area contributed by atoms with Gasteiger partial charge < -0.3 is 15.4 Å². The first-order chi connectivity index (χ1) is 13.2. The minimum absolute atomic E-state index is 0.102. The SMILES string of the molecule is C/C=C/COCN1CCC[C@H]1C(=O)N[C@@H](Cc1ccccc1)C(=O)NCC. The van der Waals surface area contributed by atoms with Gasteiger partial charge in [0.25, 0.3) is 0 Å². The summed E-state index contributed by atoms with van der Waals surface area (Å²) in [5.74, 6) is -0.252. The van der Waals surface area contributed by atoms with E-state index in [4.69, 9.17) is 4.74 Å². The van der Waals surface area contributed by atoms with Crippen LogP contribution in [0.25, 0.3) is 0 Å². The topological polar surface area (TPSA) is 70.7 Å². The molecule has 1 aliphatic heterocycles. The lowest BCUT2D eigenvalue weighted by molar-refractivity contribution is -0.132. The summed E-state index contributed by atoms with van der Waals surface area (Å²) in [7, 11) is 0. The fraction of sp³-hybridized carbons (Fsp3) is 0.524. The predicted octanol–water partition coefficient (Wildman–Crippen LogP) is 1.86. The molecule has 0 unspecified atom stereocenters. The highest BCUT2D eigenvalue weighted by Crippen LogP contribution is 2.17. The number of rotatable bonds is 10. The summed E-state index contributed by atoms with van der Waals surface area (Å²) in [5.41, 5.74) is 1.02. The third-order valence-corrected chi connectivity index (χ3v) is 4.64. The summed E-state index contributed by atoms with van der Waals surface area (Å²) >= 11 is 0. The van der Waals surface area contributed by atoms with E-state index in [0.717, 1.165) is 24.9 Å². The number of amides is 2. The molecule has 0 bridgehead atoms. The summed E-state index contributed by atoms with van der Waals surface area (Å²) in [6, 6.07) is 8.92. The molecule has 2 atom stereocenters. The van der Waals surface area contributed by atoms with Gasteiger partial charge in [0, 0.05) is 19.5 Å². The van der Waals surface area contributed by atoms with Gasteiger partial charge >= 0.3 is 0 Å². The van der Waals surface area contributed by atoms with Gasteiger partial charge in [-0.1, -0.05) is 42.5 Å². The largest absolute Gasteiger partial charge is 0.362 e. The smallest absolute Gasteiger partial charge is 0.242 e.